The highest BCUT2D eigenvalue weighted by Gasteiger charge is 2.23. The van der Waals surface area contributed by atoms with Crippen molar-refractivity contribution in [2.75, 3.05) is 0 Å². The lowest BCUT2D eigenvalue weighted by Crippen LogP contribution is -1.91. The largest absolute Gasteiger partial charge is 0.0629 e. The second-order valence-electron chi connectivity index (χ2n) is 29.4. The van der Waals surface area contributed by atoms with Crippen molar-refractivity contribution < 1.29 is 43.9 Å². The molecule has 24 rings (SSSR count). The molecule has 0 amide bonds. The predicted octanol–water partition coefficient (Wildman–Crippen LogP) is 34.9. The van der Waals surface area contributed by atoms with Gasteiger partial charge in [-0.25, -0.2) is 0 Å². The molecule has 0 aromatic heterocycles. The van der Waals surface area contributed by atoms with E-state index in [0.29, 0.717) is 89.0 Å². The van der Waals surface area contributed by atoms with Crippen LogP contribution in [0.15, 0.2) is 509 Å². The number of rotatable bonds is 10. The Morgan fingerprint density at radius 1 is 0.113 bits per heavy atom. The zero-order valence-electron chi connectivity index (χ0n) is 98.0. The van der Waals surface area contributed by atoms with E-state index in [1.807, 2.05) is 218 Å². The molecule has 0 aliphatic rings. The number of hydrogen-bond donors (Lipinski definition) is 0. The monoisotopic (exact) mass is 1600 g/mol. The van der Waals surface area contributed by atoms with Crippen LogP contribution in [0.4, 0.5) is 0 Å². The van der Waals surface area contributed by atoms with E-state index in [4.69, 9.17) is 43.9 Å². The van der Waals surface area contributed by atoms with Crippen LogP contribution in [0.3, 0.4) is 0 Å². The van der Waals surface area contributed by atoms with Crippen molar-refractivity contribution in [2.45, 2.75) is 0 Å². The van der Waals surface area contributed by atoms with Gasteiger partial charge in [0.25, 0.3) is 0 Å². The van der Waals surface area contributed by atoms with Gasteiger partial charge in [0, 0.05) is 0 Å². The number of benzene rings is 24. The Labute approximate surface area is 768 Å². The molecule has 24 aromatic rings. The summed E-state index contributed by atoms with van der Waals surface area (Å²) in [5.41, 5.74) is 11.4. The Kier molecular flexibility index (Phi) is 13.2. The highest BCUT2D eigenvalue weighted by Crippen LogP contribution is 2.50. The van der Waals surface area contributed by atoms with Crippen LogP contribution in [0.2, 0.25) is 0 Å². The van der Waals surface area contributed by atoms with E-state index < -0.39 is 96.7 Å². The van der Waals surface area contributed by atoms with Gasteiger partial charge in [0.1, 0.15) is 0 Å². The molecule has 0 saturated heterocycles. The Bertz CT molecular complexity index is 9710. The molecule has 0 spiro atoms. The van der Waals surface area contributed by atoms with Gasteiger partial charge in [0.2, 0.25) is 0 Å². The fourth-order valence-corrected chi connectivity index (χ4v) is 16.9. The molecule has 0 bridgehead atoms. The fourth-order valence-electron chi connectivity index (χ4n) is 16.9. The predicted molar refractivity (Wildman–Crippen MR) is 535 cm³/mol. The van der Waals surface area contributed by atoms with E-state index in [1.165, 1.54) is 0 Å². The van der Waals surface area contributed by atoms with Crippen LogP contribution in [0.5, 0.6) is 0 Å². The molecule has 0 aliphatic heterocycles. The first-order valence-corrected chi connectivity index (χ1v) is 40.2. The maximum absolute atomic E-state index is 9.01. The van der Waals surface area contributed by atoms with Crippen LogP contribution in [0.1, 0.15) is 43.9 Å². The van der Waals surface area contributed by atoms with Crippen LogP contribution in [-0.2, 0) is 0 Å². The highest BCUT2D eigenvalue weighted by molar-refractivity contribution is 6.26. The molecule has 0 heterocycles. The molecule has 0 N–H and O–H groups in total. The van der Waals surface area contributed by atoms with E-state index in [9.17, 15) is 0 Å². The normalized spacial score (nSPS) is 14.8. The van der Waals surface area contributed by atoms with Gasteiger partial charge in [-0.15, -0.1) is 0 Å². The van der Waals surface area contributed by atoms with E-state index >= 15 is 0 Å². The van der Waals surface area contributed by atoms with Crippen LogP contribution >= 0.6 is 0 Å². The third-order valence-corrected chi connectivity index (χ3v) is 22.4. The van der Waals surface area contributed by atoms with Crippen LogP contribution in [0, 0.1) is 0 Å². The Morgan fingerprint density at radius 3 is 0.653 bits per heavy atom. The third kappa shape index (κ3) is 14.4. The van der Waals surface area contributed by atoms with Crippen molar-refractivity contribution >= 4 is 108 Å². The van der Waals surface area contributed by atoms with Crippen molar-refractivity contribution in [3.05, 3.63) is 509 Å². The zero-order valence-corrected chi connectivity index (χ0v) is 66.0. The average Bonchev–Trinajstić information content (AvgIpc) is 0.710. The number of hydrogen-bond acceptors (Lipinski definition) is 0. The smallest absolute Gasteiger partial charge is 0.0622 e. The van der Waals surface area contributed by atoms with E-state index in [0.717, 1.165) is 43.8 Å². The van der Waals surface area contributed by atoms with Gasteiger partial charge in [-0.05, 0) is 231 Å². The topological polar surface area (TPSA) is 0 Å². The molecular weight excluding hydrogens is 1490 g/mol. The van der Waals surface area contributed by atoms with Gasteiger partial charge in [0.05, 0.1) is 43.9 Å². The van der Waals surface area contributed by atoms with Gasteiger partial charge in [-0.2, -0.15) is 0 Å². The molecule has 580 valence electrons. The standard InChI is InChI=1S/2C32H22.2C30H20/c1-3-12-23(13-4-1)25-16-11-17-26(22-25)32-29-20-9-7-18-27(29)31(24-14-5-2-6-15-24)28-19-8-10-21-30(28)32;1-3-11-23(12-4-1)24-19-21-26(22-20-24)32-29-17-9-7-15-27(29)31(25-13-5-2-6-14-25)28-16-8-10-18-30(28)32;1-2-12-22(13-3-1)29-25-16-6-8-18-27(25)30(28-19-9-7-17-26(28)29)24-20-10-14-21-11-4-5-15-23(21)24;1-2-11-22(12-3-1)29-25-14-6-8-16-27(25)30(28-17-9-7-15-26(28)29)24-19-18-21-10-4-5-13-23(21)20-24/h2*1-22H;2*1-20H/i7D,8D,9D,10D,18D,19D,20D,21D;7D,8D,9D,10D,15D,16D,17D,18D;6D,7D,8D,9D,16D,17D,18D,19D;6D,7D,8D,9D,14D,15D,16D,17D. The molecule has 0 fully saturated rings. The van der Waals surface area contributed by atoms with Crippen molar-refractivity contribution in [3.8, 4) is 111 Å². The van der Waals surface area contributed by atoms with Gasteiger partial charge in [-0.3, -0.25) is 0 Å². The minimum Gasteiger partial charge on any atom is -0.0622 e. The Hall–Kier alpha value is -16.1. The quantitative estimate of drug-likeness (QED) is 0.120. The van der Waals surface area contributed by atoms with Gasteiger partial charge in [0.15, 0.2) is 0 Å². The lowest BCUT2D eigenvalue weighted by molar-refractivity contribution is 1.61. The summed E-state index contributed by atoms with van der Waals surface area (Å²) in [6, 6.07) is 86.4. The summed E-state index contributed by atoms with van der Waals surface area (Å²) in [7, 11) is 0. The van der Waals surface area contributed by atoms with Crippen molar-refractivity contribution in [3.63, 3.8) is 0 Å². The Balaban J connectivity index is 0.000000120. The summed E-state index contributed by atoms with van der Waals surface area (Å²) in [6.07, 6.45) is 0. The Morgan fingerprint density at radius 2 is 0.315 bits per heavy atom. The summed E-state index contributed by atoms with van der Waals surface area (Å²) >= 11 is 0. The van der Waals surface area contributed by atoms with Gasteiger partial charge in [-0.1, -0.05) is 497 Å². The lowest BCUT2D eigenvalue weighted by Gasteiger charge is -2.18. The molecule has 0 unspecified atom stereocenters. The summed E-state index contributed by atoms with van der Waals surface area (Å²) in [5, 5.41) is 7.14. The molecule has 124 heavy (non-hydrogen) atoms. The lowest BCUT2D eigenvalue weighted by atomic mass is 9.85. The molecule has 0 heteroatoms. The van der Waals surface area contributed by atoms with Crippen molar-refractivity contribution in [1.82, 2.24) is 0 Å². The highest BCUT2D eigenvalue weighted by atomic mass is 14.3. The van der Waals surface area contributed by atoms with Gasteiger partial charge < -0.3 is 0 Å². The first-order chi connectivity index (χ1) is 74.9. The molecule has 0 radical (unpaired) electrons. The number of fused-ring (bicyclic) bond motifs is 10. The minimum absolute atomic E-state index is 0.215. The molecule has 0 nitrogen and oxygen atoms in total. The summed E-state index contributed by atoms with van der Waals surface area (Å²) in [6.45, 7) is 0. The summed E-state index contributed by atoms with van der Waals surface area (Å²) in [5.74, 6) is 0. The summed E-state index contributed by atoms with van der Waals surface area (Å²) in [4.78, 5) is 0. The van der Waals surface area contributed by atoms with Crippen LogP contribution in [0.25, 0.3) is 219 Å². The van der Waals surface area contributed by atoms with Crippen LogP contribution in [-0.4, -0.2) is 0 Å². The molecular formula is C124H84. The zero-order chi connectivity index (χ0) is 110. The minimum atomic E-state index is -0.405. The fraction of sp³-hybridized carbons (Fsp3) is 0. The second kappa shape index (κ2) is 33.9. The van der Waals surface area contributed by atoms with Gasteiger partial charge >= 0.3 is 0 Å². The van der Waals surface area contributed by atoms with Crippen molar-refractivity contribution in [1.29, 1.82) is 0 Å². The molecule has 0 atom stereocenters. The maximum atomic E-state index is 9.01. The average molecular weight is 1610 g/mol. The maximum Gasteiger partial charge on any atom is 0.0629 e. The molecule has 0 aliphatic carbocycles. The van der Waals surface area contributed by atoms with Crippen molar-refractivity contribution in [2.24, 2.45) is 0 Å². The van der Waals surface area contributed by atoms with E-state index in [1.54, 1.807) is 97.1 Å². The third-order valence-electron chi connectivity index (χ3n) is 22.4. The van der Waals surface area contributed by atoms with E-state index in [-0.39, 0.29) is 183 Å². The van der Waals surface area contributed by atoms with E-state index in [2.05, 4.69) is 0 Å². The van der Waals surface area contributed by atoms with Crippen LogP contribution < -0.4 is 0 Å². The first kappa shape index (κ1) is 48.2. The SMILES string of the molecule is [2H]c1c([2H])c([2H])c2c(-c3ccc(-c4ccccc4)cc3)c3c([2H])c([2H])c([2H])c([2H])c3c(-c3ccccc3)c2c1[2H].[2H]c1c([2H])c([2H])c2c(-c3ccc4ccccc4c3)c3c([2H])c([2H])c([2H])c([2H])c3c(-c3ccccc3)c2c1[2H].[2H]c1c([2H])c([2H])c2c(-c3cccc(-c4ccccc4)c3)c3c([2H])c([2H])c([2H])c([2H])c3c(-c3ccccc3)c2c1[2H].[2H]c1c([2H])c([2H])c2c(-c3cccc4ccccc34)c3c([2H])c([2H])c([2H])c([2H])c3c(-c3ccccc3)c2c1[2H]. The second-order valence-corrected chi connectivity index (χ2v) is 29.4. The summed E-state index contributed by atoms with van der Waals surface area (Å²) < 4.78 is 279. The molecule has 0 saturated carbocycles. The molecule has 24 aromatic carbocycles. The first-order valence-electron chi connectivity index (χ1n) is 56.2.